The summed E-state index contributed by atoms with van der Waals surface area (Å²) in [6.45, 7) is 1.13. The van der Waals surface area contributed by atoms with Crippen LogP contribution >= 0.6 is 0 Å². The van der Waals surface area contributed by atoms with Gasteiger partial charge in [0, 0.05) is 24.2 Å². The summed E-state index contributed by atoms with van der Waals surface area (Å²) < 4.78 is 2.47. The second kappa shape index (κ2) is 6.25. The molecule has 1 heterocycles. The van der Waals surface area contributed by atoms with Crippen molar-refractivity contribution in [2.45, 2.75) is 51.5 Å². The highest BCUT2D eigenvalue weighted by atomic mass is 16.1. The van der Waals surface area contributed by atoms with Gasteiger partial charge in [0.25, 0.3) is 0 Å². The molecule has 20 heavy (non-hydrogen) atoms. The Morgan fingerprint density at radius 1 is 1.15 bits per heavy atom. The van der Waals surface area contributed by atoms with Gasteiger partial charge < -0.3 is 9.36 Å². The van der Waals surface area contributed by atoms with Gasteiger partial charge >= 0.3 is 0 Å². The van der Waals surface area contributed by atoms with Crippen LogP contribution in [0.1, 0.15) is 44.2 Å². The van der Waals surface area contributed by atoms with Crippen LogP contribution in [0, 0.1) is 5.92 Å². The Morgan fingerprint density at radius 3 is 2.75 bits per heavy atom. The van der Waals surface area contributed by atoms with Crippen LogP contribution in [0.15, 0.2) is 30.3 Å². The van der Waals surface area contributed by atoms with Crippen LogP contribution in [0.25, 0.3) is 10.9 Å². The van der Waals surface area contributed by atoms with E-state index in [-0.39, 0.29) is 0 Å². The molecule has 1 aliphatic carbocycles. The van der Waals surface area contributed by atoms with Gasteiger partial charge in [-0.1, -0.05) is 37.5 Å². The smallest absolute Gasteiger partial charge is 0.120 e. The molecular weight excluding hydrogens is 246 g/mol. The van der Waals surface area contributed by atoms with Crippen LogP contribution < -0.4 is 0 Å². The van der Waals surface area contributed by atoms with Crippen LogP contribution in [0.2, 0.25) is 0 Å². The molecule has 1 saturated carbocycles. The summed E-state index contributed by atoms with van der Waals surface area (Å²) in [5, 5.41) is 1.31. The molecule has 1 aliphatic rings. The Kier molecular flexibility index (Phi) is 4.19. The lowest BCUT2D eigenvalue weighted by atomic mass is 9.89. The molecule has 2 nitrogen and oxygen atoms in total. The van der Waals surface area contributed by atoms with Crippen LogP contribution in [0.4, 0.5) is 0 Å². The van der Waals surface area contributed by atoms with Crippen LogP contribution in [-0.4, -0.2) is 10.9 Å². The molecule has 0 radical (unpaired) electrons. The topological polar surface area (TPSA) is 22.0 Å². The summed E-state index contributed by atoms with van der Waals surface area (Å²) in [6, 6.07) is 10.9. The molecule has 2 aromatic rings. The van der Waals surface area contributed by atoms with Crippen molar-refractivity contribution in [1.82, 2.24) is 4.57 Å². The zero-order valence-corrected chi connectivity index (χ0v) is 12.1. The van der Waals surface area contributed by atoms with E-state index in [9.17, 15) is 4.79 Å². The SMILES string of the molecule is O=CCCc1cc2ccccc2n1CC1CCCCC1. The lowest BCUT2D eigenvalue weighted by Gasteiger charge is -2.23. The van der Waals surface area contributed by atoms with Gasteiger partial charge in [-0.25, -0.2) is 0 Å². The molecule has 1 aromatic heterocycles. The average Bonchev–Trinajstić information content (AvgIpc) is 2.84. The first-order chi connectivity index (χ1) is 9.88. The number of aryl methyl sites for hydroxylation is 1. The van der Waals surface area contributed by atoms with Crippen molar-refractivity contribution < 1.29 is 4.79 Å². The first kappa shape index (κ1) is 13.4. The first-order valence-electron chi connectivity index (χ1n) is 7.89. The minimum Gasteiger partial charge on any atom is -0.344 e. The number of hydrogen-bond donors (Lipinski definition) is 0. The number of rotatable bonds is 5. The molecule has 0 saturated heterocycles. The molecule has 1 aromatic carbocycles. The molecule has 2 heteroatoms. The molecular formula is C18H23NO. The Bertz CT molecular complexity index is 578. The minimum atomic E-state index is 0.626. The summed E-state index contributed by atoms with van der Waals surface area (Å²) in [4.78, 5) is 10.7. The number of nitrogens with zero attached hydrogens (tertiary/aromatic N) is 1. The molecule has 0 N–H and O–H groups in total. The minimum absolute atomic E-state index is 0.626. The van der Waals surface area contributed by atoms with Gasteiger partial charge in [0.1, 0.15) is 6.29 Å². The Hall–Kier alpha value is -1.57. The van der Waals surface area contributed by atoms with Crippen molar-refractivity contribution in [3.63, 3.8) is 0 Å². The second-order valence-corrected chi connectivity index (χ2v) is 6.01. The number of aldehydes is 1. The van der Waals surface area contributed by atoms with E-state index in [0.29, 0.717) is 6.42 Å². The van der Waals surface area contributed by atoms with Gasteiger partial charge in [-0.3, -0.25) is 0 Å². The molecule has 0 spiro atoms. The lowest BCUT2D eigenvalue weighted by molar-refractivity contribution is -0.107. The Morgan fingerprint density at radius 2 is 1.95 bits per heavy atom. The standard InChI is InChI=1S/C18H23NO/c20-12-6-10-17-13-16-9-4-5-11-18(16)19(17)14-15-7-2-1-3-8-15/h4-5,9,11-13,15H,1-3,6-8,10,14H2. The van der Waals surface area contributed by atoms with E-state index in [1.807, 2.05) is 0 Å². The molecule has 3 rings (SSSR count). The quantitative estimate of drug-likeness (QED) is 0.739. The van der Waals surface area contributed by atoms with E-state index in [4.69, 9.17) is 0 Å². The van der Waals surface area contributed by atoms with E-state index in [1.54, 1.807) is 0 Å². The summed E-state index contributed by atoms with van der Waals surface area (Å²) in [5.74, 6) is 0.814. The van der Waals surface area contributed by atoms with E-state index < -0.39 is 0 Å². The van der Waals surface area contributed by atoms with Gasteiger partial charge in [-0.05, 0) is 42.7 Å². The molecule has 1 fully saturated rings. The van der Waals surface area contributed by atoms with E-state index in [1.165, 1.54) is 48.7 Å². The predicted octanol–water partition coefficient (Wildman–Crippen LogP) is 4.35. The van der Waals surface area contributed by atoms with Crippen molar-refractivity contribution in [1.29, 1.82) is 0 Å². The van der Waals surface area contributed by atoms with Crippen LogP contribution in [0.3, 0.4) is 0 Å². The number of carbonyl (C=O) groups excluding carboxylic acids is 1. The molecule has 0 amide bonds. The van der Waals surface area contributed by atoms with E-state index in [0.717, 1.165) is 25.2 Å². The highest BCUT2D eigenvalue weighted by Gasteiger charge is 2.16. The maximum absolute atomic E-state index is 10.7. The molecule has 0 atom stereocenters. The number of fused-ring (bicyclic) bond motifs is 1. The maximum atomic E-state index is 10.7. The lowest BCUT2D eigenvalue weighted by Crippen LogP contribution is -2.15. The molecule has 0 unspecified atom stereocenters. The van der Waals surface area contributed by atoms with E-state index >= 15 is 0 Å². The second-order valence-electron chi connectivity index (χ2n) is 6.01. The van der Waals surface area contributed by atoms with Gasteiger partial charge in [0.15, 0.2) is 0 Å². The summed E-state index contributed by atoms with van der Waals surface area (Å²) in [7, 11) is 0. The molecule has 0 aliphatic heterocycles. The summed E-state index contributed by atoms with van der Waals surface area (Å²) >= 11 is 0. The average molecular weight is 269 g/mol. The zero-order chi connectivity index (χ0) is 13.8. The fourth-order valence-corrected chi connectivity index (χ4v) is 3.52. The molecule has 0 bridgehead atoms. The fraction of sp³-hybridized carbons (Fsp3) is 0.500. The number of hydrogen-bond acceptors (Lipinski definition) is 1. The highest BCUT2D eigenvalue weighted by Crippen LogP contribution is 2.28. The first-order valence-corrected chi connectivity index (χ1v) is 7.89. The van der Waals surface area contributed by atoms with Crippen molar-refractivity contribution in [3.05, 3.63) is 36.0 Å². The predicted molar refractivity (Wildman–Crippen MR) is 82.9 cm³/mol. The monoisotopic (exact) mass is 269 g/mol. The van der Waals surface area contributed by atoms with Gasteiger partial charge in [-0.15, -0.1) is 0 Å². The highest BCUT2D eigenvalue weighted by molar-refractivity contribution is 5.81. The van der Waals surface area contributed by atoms with Crippen LogP contribution in [0.5, 0.6) is 0 Å². The number of carbonyl (C=O) groups is 1. The van der Waals surface area contributed by atoms with Gasteiger partial charge in [0.05, 0.1) is 0 Å². The third-order valence-electron chi connectivity index (χ3n) is 4.58. The largest absolute Gasteiger partial charge is 0.344 e. The van der Waals surface area contributed by atoms with Gasteiger partial charge in [-0.2, -0.15) is 0 Å². The maximum Gasteiger partial charge on any atom is 0.120 e. The Balaban J connectivity index is 1.90. The fourth-order valence-electron chi connectivity index (χ4n) is 3.52. The molecule has 106 valence electrons. The number of para-hydroxylation sites is 1. The van der Waals surface area contributed by atoms with Crippen LogP contribution in [-0.2, 0) is 17.8 Å². The normalized spacial score (nSPS) is 16.6. The zero-order valence-electron chi connectivity index (χ0n) is 12.1. The number of aromatic nitrogens is 1. The van der Waals surface area contributed by atoms with Gasteiger partial charge in [0.2, 0.25) is 0 Å². The summed E-state index contributed by atoms with van der Waals surface area (Å²) in [5.41, 5.74) is 2.66. The van der Waals surface area contributed by atoms with Crippen molar-refractivity contribution >= 4 is 17.2 Å². The van der Waals surface area contributed by atoms with Crippen molar-refractivity contribution in [2.75, 3.05) is 0 Å². The van der Waals surface area contributed by atoms with Crippen molar-refractivity contribution in [2.24, 2.45) is 5.92 Å². The Labute approximate surface area is 120 Å². The third kappa shape index (κ3) is 2.79. The third-order valence-corrected chi connectivity index (χ3v) is 4.58. The van der Waals surface area contributed by atoms with E-state index in [2.05, 4.69) is 34.9 Å². The van der Waals surface area contributed by atoms with Crippen molar-refractivity contribution in [3.8, 4) is 0 Å². The summed E-state index contributed by atoms with van der Waals surface area (Å²) in [6.07, 6.45) is 9.41. The number of benzene rings is 1.